The van der Waals surface area contributed by atoms with Gasteiger partial charge in [0.15, 0.2) is 0 Å². The van der Waals surface area contributed by atoms with E-state index in [4.69, 9.17) is 4.74 Å². The lowest BCUT2D eigenvalue weighted by atomic mass is 9.91. The lowest BCUT2D eigenvalue weighted by Gasteiger charge is -2.44. The molecule has 2 saturated heterocycles. The summed E-state index contributed by atoms with van der Waals surface area (Å²) in [4.78, 5) is 27.5. The molecule has 0 aromatic heterocycles. The molecule has 4 unspecified atom stereocenters. The fourth-order valence-corrected chi connectivity index (χ4v) is 3.11. The van der Waals surface area contributed by atoms with E-state index < -0.39 is 12.0 Å². The number of hydrogen-bond donors (Lipinski definition) is 1. The van der Waals surface area contributed by atoms with Gasteiger partial charge in [0.25, 0.3) is 0 Å². The number of carboxylic acid groups (broad SMARTS) is 1. The van der Waals surface area contributed by atoms with E-state index in [1.165, 1.54) is 4.90 Å². The van der Waals surface area contributed by atoms with Gasteiger partial charge >= 0.3 is 12.0 Å². The van der Waals surface area contributed by atoms with Crippen LogP contribution in [0.2, 0.25) is 0 Å². The van der Waals surface area contributed by atoms with Gasteiger partial charge in [0.05, 0.1) is 18.8 Å². The summed E-state index contributed by atoms with van der Waals surface area (Å²) in [6.45, 7) is 7.33. The third-order valence-electron chi connectivity index (χ3n) is 4.29. The van der Waals surface area contributed by atoms with Crippen LogP contribution in [0.4, 0.5) is 4.79 Å². The summed E-state index contributed by atoms with van der Waals surface area (Å²) in [5.74, 6) is -0.904. The molecule has 4 atom stereocenters. The molecule has 2 heterocycles. The highest BCUT2D eigenvalue weighted by atomic mass is 16.5. The summed E-state index contributed by atoms with van der Waals surface area (Å²) in [5.41, 5.74) is 0. The molecule has 0 aromatic rings. The van der Waals surface area contributed by atoms with Crippen LogP contribution in [-0.4, -0.2) is 64.8 Å². The number of likely N-dealkylation sites (tertiary alicyclic amines) is 1. The molecule has 0 aromatic carbocycles. The van der Waals surface area contributed by atoms with Gasteiger partial charge in [-0.3, -0.25) is 0 Å². The van der Waals surface area contributed by atoms with Crippen LogP contribution in [0.1, 0.15) is 33.6 Å². The van der Waals surface area contributed by atoms with E-state index in [1.807, 2.05) is 20.8 Å². The quantitative estimate of drug-likeness (QED) is 0.790. The van der Waals surface area contributed by atoms with Crippen LogP contribution in [0.3, 0.4) is 0 Å². The minimum Gasteiger partial charge on any atom is -0.480 e. The van der Waals surface area contributed by atoms with Gasteiger partial charge in [-0.25, -0.2) is 9.59 Å². The zero-order valence-corrected chi connectivity index (χ0v) is 12.4. The van der Waals surface area contributed by atoms with Gasteiger partial charge in [0.2, 0.25) is 0 Å². The molecule has 0 aliphatic carbocycles. The average molecular weight is 284 g/mol. The van der Waals surface area contributed by atoms with Crippen LogP contribution in [0.25, 0.3) is 0 Å². The highest BCUT2D eigenvalue weighted by Crippen LogP contribution is 2.26. The number of hydrogen-bond acceptors (Lipinski definition) is 3. The Morgan fingerprint density at radius 2 is 1.90 bits per heavy atom. The maximum atomic E-state index is 12.7. The standard InChI is InChI=1S/C14H24N2O4/c1-9-5-4-6-15(12(9)13(17)18)14(19)16-7-11(3)20-8-10(16)2/h9-12H,4-8H2,1-3H3,(H,17,18). The first kappa shape index (κ1) is 15.1. The van der Waals surface area contributed by atoms with Crippen molar-refractivity contribution in [2.75, 3.05) is 19.7 Å². The van der Waals surface area contributed by atoms with Gasteiger partial charge in [-0.2, -0.15) is 0 Å². The van der Waals surface area contributed by atoms with Crippen LogP contribution in [-0.2, 0) is 9.53 Å². The fourth-order valence-electron chi connectivity index (χ4n) is 3.11. The molecule has 0 saturated carbocycles. The van der Waals surface area contributed by atoms with Gasteiger partial charge in [0, 0.05) is 13.1 Å². The molecule has 6 heteroatoms. The number of carbonyl (C=O) groups excluding carboxylic acids is 1. The van der Waals surface area contributed by atoms with Crippen LogP contribution in [0, 0.1) is 5.92 Å². The first-order chi connectivity index (χ1) is 9.41. The Morgan fingerprint density at radius 3 is 2.55 bits per heavy atom. The van der Waals surface area contributed by atoms with Crippen molar-refractivity contribution in [2.45, 2.75) is 51.8 Å². The molecule has 2 aliphatic heterocycles. The van der Waals surface area contributed by atoms with Gasteiger partial charge in [-0.15, -0.1) is 0 Å². The molecule has 2 fully saturated rings. The van der Waals surface area contributed by atoms with Gasteiger partial charge in [0.1, 0.15) is 6.04 Å². The predicted molar refractivity (Wildman–Crippen MR) is 73.5 cm³/mol. The molecule has 20 heavy (non-hydrogen) atoms. The number of piperidine rings is 1. The predicted octanol–water partition coefficient (Wildman–Crippen LogP) is 1.40. The lowest BCUT2D eigenvalue weighted by molar-refractivity contribution is -0.145. The van der Waals surface area contributed by atoms with Gasteiger partial charge in [-0.1, -0.05) is 6.92 Å². The van der Waals surface area contributed by atoms with E-state index in [1.54, 1.807) is 4.90 Å². The van der Waals surface area contributed by atoms with Crippen LogP contribution in [0.15, 0.2) is 0 Å². The van der Waals surface area contributed by atoms with Crippen molar-refractivity contribution >= 4 is 12.0 Å². The molecule has 114 valence electrons. The van der Waals surface area contributed by atoms with Crippen molar-refractivity contribution < 1.29 is 19.4 Å². The fraction of sp³-hybridized carbons (Fsp3) is 0.857. The Hall–Kier alpha value is -1.30. The second-order valence-electron chi connectivity index (χ2n) is 6.02. The molecule has 0 spiro atoms. The molecule has 6 nitrogen and oxygen atoms in total. The molecule has 2 rings (SSSR count). The second-order valence-corrected chi connectivity index (χ2v) is 6.02. The Balaban J connectivity index is 2.15. The zero-order chi connectivity index (χ0) is 14.9. The molecule has 2 amide bonds. The van der Waals surface area contributed by atoms with Crippen LogP contribution >= 0.6 is 0 Å². The Bertz CT molecular complexity index is 387. The highest BCUT2D eigenvalue weighted by molar-refractivity contribution is 5.83. The number of amides is 2. The third kappa shape index (κ3) is 2.90. The number of carboxylic acids is 1. The number of urea groups is 1. The van der Waals surface area contributed by atoms with Gasteiger partial charge in [-0.05, 0) is 32.6 Å². The minimum absolute atomic E-state index is 0.000595. The number of morpholine rings is 1. The summed E-state index contributed by atoms with van der Waals surface area (Å²) in [7, 11) is 0. The van der Waals surface area contributed by atoms with E-state index >= 15 is 0 Å². The smallest absolute Gasteiger partial charge is 0.326 e. The lowest BCUT2D eigenvalue weighted by Crippen LogP contribution is -2.60. The van der Waals surface area contributed by atoms with Crippen molar-refractivity contribution in [1.29, 1.82) is 0 Å². The number of carbonyl (C=O) groups is 2. The summed E-state index contributed by atoms with van der Waals surface area (Å²) in [5, 5.41) is 9.41. The van der Waals surface area contributed by atoms with E-state index in [0.29, 0.717) is 19.7 Å². The van der Waals surface area contributed by atoms with Crippen molar-refractivity contribution in [3.8, 4) is 0 Å². The van der Waals surface area contributed by atoms with E-state index in [-0.39, 0.29) is 24.1 Å². The summed E-state index contributed by atoms with van der Waals surface area (Å²) in [6, 6.07) is -0.876. The Labute approximate surface area is 119 Å². The van der Waals surface area contributed by atoms with Crippen LogP contribution in [0.5, 0.6) is 0 Å². The normalized spacial score (nSPS) is 35.0. The van der Waals surface area contributed by atoms with E-state index in [2.05, 4.69) is 0 Å². The second kappa shape index (κ2) is 5.99. The first-order valence-electron chi connectivity index (χ1n) is 7.33. The number of nitrogens with zero attached hydrogens (tertiary/aromatic N) is 2. The van der Waals surface area contributed by atoms with Crippen molar-refractivity contribution in [2.24, 2.45) is 5.92 Å². The third-order valence-corrected chi connectivity index (χ3v) is 4.29. The maximum Gasteiger partial charge on any atom is 0.326 e. The molecule has 0 bridgehead atoms. The topological polar surface area (TPSA) is 70.1 Å². The van der Waals surface area contributed by atoms with Crippen molar-refractivity contribution in [1.82, 2.24) is 9.80 Å². The molecule has 1 N–H and O–H groups in total. The zero-order valence-electron chi connectivity index (χ0n) is 12.4. The SMILES string of the molecule is CC1CN(C(=O)N2CCCC(C)C2C(=O)O)C(C)CO1. The first-order valence-corrected chi connectivity index (χ1v) is 7.33. The maximum absolute atomic E-state index is 12.7. The molecular weight excluding hydrogens is 260 g/mol. The Morgan fingerprint density at radius 1 is 1.20 bits per heavy atom. The highest BCUT2D eigenvalue weighted by Gasteiger charge is 2.40. The Kier molecular flexibility index (Phi) is 4.52. The summed E-state index contributed by atoms with van der Waals surface area (Å²) < 4.78 is 5.52. The number of rotatable bonds is 1. The minimum atomic E-state index is -0.903. The van der Waals surface area contributed by atoms with E-state index in [9.17, 15) is 14.7 Å². The van der Waals surface area contributed by atoms with Crippen molar-refractivity contribution in [3.05, 3.63) is 0 Å². The molecular formula is C14H24N2O4. The van der Waals surface area contributed by atoms with Crippen molar-refractivity contribution in [3.63, 3.8) is 0 Å². The average Bonchev–Trinajstić information content (AvgIpc) is 2.40. The van der Waals surface area contributed by atoms with Gasteiger partial charge < -0.3 is 19.6 Å². The summed E-state index contributed by atoms with van der Waals surface area (Å²) in [6.07, 6.45) is 1.72. The number of ether oxygens (including phenoxy) is 1. The largest absolute Gasteiger partial charge is 0.480 e. The summed E-state index contributed by atoms with van der Waals surface area (Å²) >= 11 is 0. The molecule has 0 radical (unpaired) electrons. The molecule has 2 aliphatic rings. The van der Waals surface area contributed by atoms with Crippen LogP contribution < -0.4 is 0 Å². The number of aliphatic carboxylic acids is 1. The van der Waals surface area contributed by atoms with E-state index in [0.717, 1.165) is 12.8 Å². The monoisotopic (exact) mass is 284 g/mol.